The number of hydrogen-bond donors (Lipinski definition) is 1. The van der Waals surface area contributed by atoms with Gasteiger partial charge in [-0.3, -0.25) is 4.79 Å². The van der Waals surface area contributed by atoms with E-state index in [1.54, 1.807) is 4.90 Å². The third-order valence-electron chi connectivity index (χ3n) is 4.49. The van der Waals surface area contributed by atoms with Gasteiger partial charge in [0, 0.05) is 12.1 Å². The van der Waals surface area contributed by atoms with Crippen molar-refractivity contribution in [1.29, 1.82) is 0 Å². The Morgan fingerprint density at radius 1 is 1.19 bits per heavy atom. The molecule has 0 bridgehead atoms. The maximum absolute atomic E-state index is 14.2. The molecular weight excluding hydrogens is 346 g/mol. The van der Waals surface area contributed by atoms with Crippen molar-refractivity contribution < 1.29 is 13.6 Å². The third kappa shape index (κ3) is 4.61. The topological polar surface area (TPSA) is 46.3 Å². The molecule has 1 aliphatic heterocycles. The summed E-state index contributed by atoms with van der Waals surface area (Å²) in [5.41, 5.74) is 7.60. The van der Waals surface area contributed by atoms with E-state index in [1.807, 2.05) is 57.2 Å². The second-order valence-corrected chi connectivity index (χ2v) is 6.15. The molecule has 1 heterocycles. The van der Waals surface area contributed by atoms with Crippen molar-refractivity contribution in [2.24, 2.45) is 5.73 Å². The van der Waals surface area contributed by atoms with Gasteiger partial charge in [-0.1, -0.05) is 57.2 Å². The van der Waals surface area contributed by atoms with E-state index in [1.165, 1.54) is 0 Å². The van der Waals surface area contributed by atoms with Crippen LogP contribution < -0.4 is 5.73 Å². The van der Waals surface area contributed by atoms with Crippen LogP contribution in [-0.4, -0.2) is 23.4 Å². The molecule has 2 atom stereocenters. The Labute approximate surface area is 159 Å². The van der Waals surface area contributed by atoms with Crippen LogP contribution in [0, 0.1) is 11.6 Å². The van der Waals surface area contributed by atoms with Gasteiger partial charge in [0.05, 0.1) is 12.1 Å². The predicted molar refractivity (Wildman–Crippen MR) is 105 cm³/mol. The zero-order valence-corrected chi connectivity index (χ0v) is 16.0. The average Bonchev–Trinajstić information content (AvgIpc) is 3.16. The summed E-state index contributed by atoms with van der Waals surface area (Å²) in [7, 11) is 0. The van der Waals surface area contributed by atoms with Gasteiger partial charge in [-0.15, -0.1) is 0 Å². The van der Waals surface area contributed by atoms with Gasteiger partial charge in [0.2, 0.25) is 5.91 Å². The van der Waals surface area contributed by atoms with Crippen molar-refractivity contribution in [2.45, 2.75) is 39.3 Å². The van der Waals surface area contributed by atoms with Crippen LogP contribution in [0.1, 0.15) is 44.4 Å². The molecule has 0 radical (unpaired) electrons. The molecular formula is C22H26F2N2O. The Hall–Kier alpha value is -2.53. The lowest BCUT2D eigenvalue weighted by molar-refractivity contribution is -0.133. The maximum atomic E-state index is 14.2. The van der Waals surface area contributed by atoms with Crippen LogP contribution in [0.25, 0.3) is 5.57 Å². The summed E-state index contributed by atoms with van der Waals surface area (Å²) in [6, 6.07) is 11.9. The van der Waals surface area contributed by atoms with E-state index >= 15 is 0 Å². The fourth-order valence-electron chi connectivity index (χ4n) is 3.06. The Kier molecular flexibility index (Phi) is 7.25. The number of benzene rings is 2. The number of nitrogens with two attached hydrogens (primary N) is 1. The highest BCUT2D eigenvalue weighted by Crippen LogP contribution is 2.36. The van der Waals surface area contributed by atoms with E-state index < -0.39 is 17.7 Å². The van der Waals surface area contributed by atoms with Crippen LogP contribution in [-0.2, 0) is 4.79 Å². The van der Waals surface area contributed by atoms with Crippen molar-refractivity contribution in [3.63, 3.8) is 0 Å². The van der Waals surface area contributed by atoms with Crippen LogP contribution in [0.4, 0.5) is 8.78 Å². The zero-order valence-electron chi connectivity index (χ0n) is 16.0. The van der Waals surface area contributed by atoms with E-state index in [4.69, 9.17) is 5.73 Å². The minimum Gasteiger partial charge on any atom is -0.326 e. The molecule has 5 heteroatoms. The SMILES string of the molecule is CC.CC[C@H](N)C(=O)N1CC(c2cc(F)ccc2F)=CC1c1ccccc1. The minimum absolute atomic E-state index is 0.182. The van der Waals surface area contributed by atoms with Crippen LogP contribution >= 0.6 is 0 Å². The predicted octanol–water partition coefficient (Wildman–Crippen LogP) is 4.70. The molecule has 2 aromatic carbocycles. The average molecular weight is 372 g/mol. The van der Waals surface area contributed by atoms with Gasteiger partial charge in [0.25, 0.3) is 0 Å². The van der Waals surface area contributed by atoms with Crippen molar-refractivity contribution in [3.05, 3.63) is 77.4 Å². The lowest BCUT2D eigenvalue weighted by Crippen LogP contribution is -2.43. The molecule has 0 aromatic heterocycles. The Morgan fingerprint density at radius 2 is 1.85 bits per heavy atom. The second-order valence-electron chi connectivity index (χ2n) is 6.15. The standard InChI is InChI=1S/C20H20F2N2O.C2H6/c1-2-18(23)20(25)24-12-14(16-11-15(21)8-9-17(16)22)10-19(24)13-6-4-3-5-7-13;1-2/h3-11,18-19H,2,12,23H2,1H3;1-2H3/t18-,19?;/m0./s1. The lowest BCUT2D eigenvalue weighted by atomic mass is 10.0. The molecule has 1 amide bonds. The molecule has 0 saturated heterocycles. The molecule has 2 N–H and O–H groups in total. The highest BCUT2D eigenvalue weighted by atomic mass is 19.1. The fourth-order valence-corrected chi connectivity index (χ4v) is 3.06. The van der Waals surface area contributed by atoms with Gasteiger partial charge in [-0.05, 0) is 35.8 Å². The van der Waals surface area contributed by atoms with E-state index in [9.17, 15) is 13.6 Å². The lowest BCUT2D eigenvalue weighted by Gasteiger charge is -2.27. The fraction of sp³-hybridized carbons (Fsp3) is 0.318. The van der Waals surface area contributed by atoms with Crippen LogP contribution in [0.5, 0.6) is 0 Å². The summed E-state index contributed by atoms with van der Waals surface area (Å²) >= 11 is 0. The number of amides is 1. The molecule has 2 aromatic rings. The van der Waals surface area contributed by atoms with E-state index in [0.717, 1.165) is 23.8 Å². The smallest absolute Gasteiger partial charge is 0.240 e. The number of hydrogen-bond acceptors (Lipinski definition) is 2. The third-order valence-corrected chi connectivity index (χ3v) is 4.49. The Bertz CT molecular complexity index is 805. The monoisotopic (exact) mass is 372 g/mol. The summed E-state index contributed by atoms with van der Waals surface area (Å²) in [6.07, 6.45) is 2.33. The molecule has 1 unspecified atom stereocenters. The zero-order chi connectivity index (χ0) is 20.0. The molecule has 0 fully saturated rings. The summed E-state index contributed by atoms with van der Waals surface area (Å²) in [5, 5.41) is 0. The van der Waals surface area contributed by atoms with Crippen LogP contribution in [0.3, 0.4) is 0 Å². The number of nitrogens with zero attached hydrogens (tertiary/aromatic N) is 1. The molecule has 3 rings (SSSR count). The first kappa shape index (κ1) is 20.8. The van der Waals surface area contributed by atoms with Gasteiger partial charge < -0.3 is 10.6 Å². The van der Waals surface area contributed by atoms with E-state index in [2.05, 4.69) is 0 Å². The summed E-state index contributed by atoms with van der Waals surface area (Å²) in [4.78, 5) is 14.3. The highest BCUT2D eigenvalue weighted by molar-refractivity contribution is 5.86. The summed E-state index contributed by atoms with van der Waals surface area (Å²) in [5.74, 6) is -1.21. The molecule has 0 spiro atoms. The van der Waals surface area contributed by atoms with E-state index in [-0.39, 0.29) is 24.1 Å². The molecule has 0 saturated carbocycles. The number of carbonyl (C=O) groups excluding carboxylic acids is 1. The van der Waals surface area contributed by atoms with Crippen molar-refractivity contribution in [2.75, 3.05) is 6.54 Å². The molecule has 144 valence electrons. The first-order valence-corrected chi connectivity index (χ1v) is 9.28. The van der Waals surface area contributed by atoms with Gasteiger partial charge >= 0.3 is 0 Å². The van der Waals surface area contributed by atoms with Gasteiger partial charge in [0.15, 0.2) is 0 Å². The molecule has 1 aliphatic rings. The van der Waals surface area contributed by atoms with Gasteiger partial charge in [-0.2, -0.15) is 0 Å². The number of carbonyl (C=O) groups is 1. The van der Waals surface area contributed by atoms with Gasteiger partial charge in [-0.25, -0.2) is 8.78 Å². The number of halogens is 2. The number of rotatable bonds is 4. The van der Waals surface area contributed by atoms with E-state index in [0.29, 0.717) is 12.0 Å². The van der Waals surface area contributed by atoms with Crippen molar-refractivity contribution >= 4 is 11.5 Å². The molecule has 0 aliphatic carbocycles. The normalized spacial score (nSPS) is 17.0. The van der Waals surface area contributed by atoms with Crippen molar-refractivity contribution in [1.82, 2.24) is 4.90 Å². The molecule has 27 heavy (non-hydrogen) atoms. The Balaban J connectivity index is 0.00000126. The first-order chi connectivity index (χ1) is 13.0. The quantitative estimate of drug-likeness (QED) is 0.846. The minimum atomic E-state index is -0.615. The second kappa shape index (κ2) is 9.42. The summed E-state index contributed by atoms with van der Waals surface area (Å²) in [6.45, 7) is 6.04. The largest absolute Gasteiger partial charge is 0.326 e. The highest BCUT2D eigenvalue weighted by Gasteiger charge is 2.33. The maximum Gasteiger partial charge on any atom is 0.240 e. The first-order valence-electron chi connectivity index (χ1n) is 9.28. The van der Waals surface area contributed by atoms with Crippen LogP contribution in [0.15, 0.2) is 54.6 Å². The van der Waals surface area contributed by atoms with Crippen molar-refractivity contribution in [3.8, 4) is 0 Å². The summed E-state index contributed by atoms with van der Waals surface area (Å²) < 4.78 is 27.7. The van der Waals surface area contributed by atoms with Crippen LogP contribution in [0.2, 0.25) is 0 Å². The molecule has 3 nitrogen and oxygen atoms in total. The van der Waals surface area contributed by atoms with Gasteiger partial charge in [0.1, 0.15) is 11.6 Å². The Morgan fingerprint density at radius 3 is 2.48 bits per heavy atom.